The van der Waals surface area contributed by atoms with E-state index >= 15 is 0 Å². The third kappa shape index (κ3) is 7.55. The summed E-state index contributed by atoms with van der Waals surface area (Å²) in [6.07, 6.45) is 2.76. The molecule has 9 heteroatoms. The quantitative estimate of drug-likeness (QED) is 0.487. The molecule has 0 spiro atoms. The van der Waals surface area contributed by atoms with Crippen molar-refractivity contribution in [2.45, 2.75) is 53.1 Å². The molecular weight excluding hydrogens is 457 g/mol. The summed E-state index contributed by atoms with van der Waals surface area (Å²) in [4.78, 5) is 27.5. The Hall–Kier alpha value is -2.94. The molecule has 0 aromatic heterocycles. The van der Waals surface area contributed by atoms with Crippen LogP contribution in [0.5, 0.6) is 0 Å². The largest absolute Gasteiger partial charge is 0.354 e. The molecule has 1 atom stereocenters. The zero-order valence-corrected chi connectivity index (χ0v) is 21.3. The normalized spacial score (nSPS) is 12.2. The fourth-order valence-electron chi connectivity index (χ4n) is 3.40. The van der Waals surface area contributed by atoms with Crippen LogP contribution in [-0.2, 0) is 26.2 Å². The molecule has 0 aliphatic heterocycles. The SMILES string of the molecule is CCCCNC(=O)C(C)N(Cc1ccc(F)cc1)C(=O)CN(c1ccc(C)c(C)c1)S(C)(=O)=O. The Morgan fingerprint density at radius 2 is 1.71 bits per heavy atom. The van der Waals surface area contributed by atoms with E-state index in [0.29, 0.717) is 17.8 Å². The minimum absolute atomic E-state index is 0.0337. The van der Waals surface area contributed by atoms with E-state index < -0.39 is 34.3 Å². The van der Waals surface area contributed by atoms with Crippen LogP contribution in [0.4, 0.5) is 10.1 Å². The van der Waals surface area contributed by atoms with Gasteiger partial charge in [0.25, 0.3) is 0 Å². The fraction of sp³-hybridized carbons (Fsp3) is 0.440. The summed E-state index contributed by atoms with van der Waals surface area (Å²) in [7, 11) is -3.78. The van der Waals surface area contributed by atoms with E-state index in [-0.39, 0.29) is 12.5 Å². The fourth-order valence-corrected chi connectivity index (χ4v) is 4.24. The molecule has 2 aromatic rings. The van der Waals surface area contributed by atoms with Crippen LogP contribution in [-0.4, -0.2) is 50.5 Å². The second-order valence-electron chi connectivity index (χ2n) is 8.51. The van der Waals surface area contributed by atoms with E-state index in [1.54, 1.807) is 25.1 Å². The van der Waals surface area contributed by atoms with Gasteiger partial charge in [-0.1, -0.05) is 31.5 Å². The number of nitrogens with zero attached hydrogens (tertiary/aromatic N) is 2. The highest BCUT2D eigenvalue weighted by Gasteiger charge is 2.30. The Morgan fingerprint density at radius 3 is 2.26 bits per heavy atom. The van der Waals surface area contributed by atoms with Crippen molar-refractivity contribution < 1.29 is 22.4 Å². The molecule has 0 saturated carbocycles. The first-order valence-corrected chi connectivity index (χ1v) is 13.2. The Kier molecular flexibility index (Phi) is 9.61. The Morgan fingerprint density at radius 1 is 1.06 bits per heavy atom. The molecule has 7 nitrogen and oxygen atoms in total. The van der Waals surface area contributed by atoms with E-state index in [4.69, 9.17) is 0 Å². The lowest BCUT2D eigenvalue weighted by Crippen LogP contribution is -2.51. The second kappa shape index (κ2) is 12.0. The minimum Gasteiger partial charge on any atom is -0.354 e. The van der Waals surface area contributed by atoms with Gasteiger partial charge in [0, 0.05) is 13.1 Å². The highest BCUT2D eigenvalue weighted by Crippen LogP contribution is 2.22. The predicted octanol–water partition coefficient (Wildman–Crippen LogP) is 3.54. The number of rotatable bonds is 11. The number of halogens is 1. The number of anilines is 1. The standard InChI is InChI=1S/C25H34FN3O4S/c1-6-7-14-27-25(31)20(4)28(16-21-9-11-22(26)12-10-21)24(30)17-29(34(5,32)33)23-13-8-18(2)19(3)15-23/h8-13,15,20H,6-7,14,16-17H2,1-5H3,(H,27,31). The first kappa shape index (κ1) is 27.3. The highest BCUT2D eigenvalue weighted by atomic mass is 32.2. The molecule has 0 aliphatic carbocycles. The van der Waals surface area contributed by atoms with Gasteiger partial charge >= 0.3 is 0 Å². The third-order valence-corrected chi connectivity index (χ3v) is 6.86. The van der Waals surface area contributed by atoms with Gasteiger partial charge < -0.3 is 10.2 Å². The topological polar surface area (TPSA) is 86.8 Å². The Bertz CT molecular complexity index is 1100. The molecule has 0 fully saturated rings. The smallest absolute Gasteiger partial charge is 0.244 e. The number of aryl methyl sites for hydroxylation is 2. The molecular formula is C25H34FN3O4S. The summed E-state index contributed by atoms with van der Waals surface area (Å²) in [5, 5.41) is 2.82. The number of amides is 2. The van der Waals surface area contributed by atoms with E-state index in [1.807, 2.05) is 20.8 Å². The zero-order valence-electron chi connectivity index (χ0n) is 20.5. The van der Waals surface area contributed by atoms with Crippen LogP contribution in [0, 0.1) is 19.7 Å². The molecule has 0 radical (unpaired) electrons. The Labute approximate surface area is 202 Å². The summed E-state index contributed by atoms with van der Waals surface area (Å²) in [6.45, 7) is 7.44. The van der Waals surface area contributed by atoms with E-state index in [2.05, 4.69) is 5.32 Å². The number of hydrogen-bond donors (Lipinski definition) is 1. The van der Waals surface area contributed by atoms with Gasteiger partial charge in [0.15, 0.2) is 0 Å². The number of carbonyl (C=O) groups is 2. The van der Waals surface area contributed by atoms with Gasteiger partial charge in [-0.15, -0.1) is 0 Å². The van der Waals surface area contributed by atoms with Crippen molar-refractivity contribution in [1.82, 2.24) is 10.2 Å². The summed E-state index contributed by atoms with van der Waals surface area (Å²) in [5.74, 6) is -1.28. The zero-order chi connectivity index (χ0) is 25.5. The molecule has 0 heterocycles. The lowest BCUT2D eigenvalue weighted by Gasteiger charge is -2.31. The molecule has 0 aliphatic rings. The van der Waals surface area contributed by atoms with Crippen molar-refractivity contribution in [3.8, 4) is 0 Å². The average molecular weight is 492 g/mol. The van der Waals surface area contributed by atoms with Crippen LogP contribution >= 0.6 is 0 Å². The number of hydrogen-bond acceptors (Lipinski definition) is 4. The van der Waals surface area contributed by atoms with Crippen LogP contribution in [0.25, 0.3) is 0 Å². The van der Waals surface area contributed by atoms with Crippen molar-refractivity contribution in [2.75, 3.05) is 23.7 Å². The van der Waals surface area contributed by atoms with Gasteiger partial charge in [0.2, 0.25) is 21.8 Å². The first-order valence-electron chi connectivity index (χ1n) is 11.3. The van der Waals surface area contributed by atoms with Crippen LogP contribution in [0.2, 0.25) is 0 Å². The molecule has 1 N–H and O–H groups in total. The molecule has 34 heavy (non-hydrogen) atoms. The summed E-state index contributed by atoms with van der Waals surface area (Å²) < 4.78 is 39.6. The van der Waals surface area contributed by atoms with E-state index in [9.17, 15) is 22.4 Å². The van der Waals surface area contributed by atoms with Gasteiger partial charge in [-0.05, 0) is 68.1 Å². The van der Waals surface area contributed by atoms with Crippen LogP contribution in [0.1, 0.15) is 43.4 Å². The van der Waals surface area contributed by atoms with Gasteiger partial charge in [-0.2, -0.15) is 0 Å². The lowest BCUT2D eigenvalue weighted by atomic mass is 10.1. The average Bonchev–Trinajstić information content (AvgIpc) is 2.77. The van der Waals surface area contributed by atoms with Crippen molar-refractivity contribution in [1.29, 1.82) is 0 Å². The van der Waals surface area contributed by atoms with Crippen molar-refractivity contribution in [3.05, 3.63) is 65.0 Å². The third-order valence-electron chi connectivity index (χ3n) is 5.72. The van der Waals surface area contributed by atoms with Gasteiger partial charge in [-0.3, -0.25) is 13.9 Å². The second-order valence-corrected chi connectivity index (χ2v) is 10.4. The predicted molar refractivity (Wildman–Crippen MR) is 132 cm³/mol. The molecule has 2 rings (SSSR count). The van der Waals surface area contributed by atoms with Crippen LogP contribution in [0.3, 0.4) is 0 Å². The number of nitrogens with one attached hydrogen (secondary N) is 1. The monoisotopic (exact) mass is 491 g/mol. The highest BCUT2D eigenvalue weighted by molar-refractivity contribution is 7.92. The first-order chi connectivity index (χ1) is 15.9. The van der Waals surface area contributed by atoms with Gasteiger partial charge in [0.05, 0.1) is 11.9 Å². The maximum atomic E-state index is 13.4. The van der Waals surface area contributed by atoms with Crippen molar-refractivity contribution in [3.63, 3.8) is 0 Å². The molecule has 2 aromatic carbocycles. The van der Waals surface area contributed by atoms with Crippen LogP contribution in [0.15, 0.2) is 42.5 Å². The van der Waals surface area contributed by atoms with E-state index in [0.717, 1.165) is 34.5 Å². The van der Waals surface area contributed by atoms with Gasteiger partial charge in [0.1, 0.15) is 18.4 Å². The molecule has 1 unspecified atom stereocenters. The number of benzene rings is 2. The minimum atomic E-state index is -3.78. The van der Waals surface area contributed by atoms with Crippen molar-refractivity contribution in [2.24, 2.45) is 0 Å². The summed E-state index contributed by atoms with van der Waals surface area (Å²) in [6, 6.07) is 9.95. The maximum absolute atomic E-state index is 13.4. The molecule has 0 bridgehead atoms. The van der Waals surface area contributed by atoms with Crippen LogP contribution < -0.4 is 9.62 Å². The molecule has 2 amide bonds. The molecule has 186 valence electrons. The summed E-state index contributed by atoms with van der Waals surface area (Å²) in [5.41, 5.74) is 2.89. The number of sulfonamides is 1. The summed E-state index contributed by atoms with van der Waals surface area (Å²) >= 11 is 0. The maximum Gasteiger partial charge on any atom is 0.244 e. The van der Waals surface area contributed by atoms with Crippen molar-refractivity contribution >= 4 is 27.5 Å². The Balaban J connectivity index is 2.35. The van der Waals surface area contributed by atoms with Gasteiger partial charge in [-0.25, -0.2) is 12.8 Å². The number of unbranched alkanes of at least 4 members (excludes halogenated alkanes) is 1. The molecule has 0 saturated heterocycles. The lowest BCUT2D eigenvalue weighted by molar-refractivity contribution is -0.139. The number of carbonyl (C=O) groups excluding carboxylic acids is 2. The van der Waals surface area contributed by atoms with E-state index in [1.165, 1.54) is 29.2 Å².